The number of rotatable bonds is 7. The van der Waals surface area contributed by atoms with Crippen LogP contribution >= 0.6 is 0 Å². The van der Waals surface area contributed by atoms with E-state index in [1.807, 2.05) is 0 Å². The SMILES string of the molecule is CN=C(NCCCNS(C)(=O)=O)N(C)CC1CCC(C)CC1. The molecule has 1 aliphatic carbocycles. The van der Waals surface area contributed by atoms with Crippen molar-refractivity contribution in [3.8, 4) is 0 Å². The van der Waals surface area contributed by atoms with Crippen LogP contribution in [0.15, 0.2) is 4.99 Å². The van der Waals surface area contributed by atoms with Crippen molar-refractivity contribution in [1.29, 1.82) is 0 Å². The summed E-state index contributed by atoms with van der Waals surface area (Å²) in [4.78, 5) is 6.49. The van der Waals surface area contributed by atoms with Crippen molar-refractivity contribution in [1.82, 2.24) is 14.9 Å². The molecule has 0 unspecified atom stereocenters. The van der Waals surface area contributed by atoms with Gasteiger partial charge in [0, 0.05) is 33.7 Å². The summed E-state index contributed by atoms with van der Waals surface area (Å²) in [5.74, 6) is 2.52. The molecule has 0 heterocycles. The molecule has 0 aromatic heterocycles. The molecule has 0 spiro atoms. The summed E-state index contributed by atoms with van der Waals surface area (Å²) in [6, 6.07) is 0. The third-order valence-electron chi connectivity index (χ3n) is 4.24. The summed E-state index contributed by atoms with van der Waals surface area (Å²) >= 11 is 0. The van der Waals surface area contributed by atoms with Gasteiger partial charge in [-0.3, -0.25) is 4.99 Å². The third-order valence-corrected chi connectivity index (χ3v) is 4.97. The first-order chi connectivity index (χ1) is 10.3. The van der Waals surface area contributed by atoms with Crippen LogP contribution in [0.5, 0.6) is 0 Å². The second-order valence-electron chi connectivity index (χ2n) is 6.50. The van der Waals surface area contributed by atoms with Crippen LogP contribution in [0.25, 0.3) is 0 Å². The number of sulfonamides is 1. The smallest absolute Gasteiger partial charge is 0.208 e. The van der Waals surface area contributed by atoms with Crippen LogP contribution in [0.2, 0.25) is 0 Å². The van der Waals surface area contributed by atoms with Crippen LogP contribution in [0.4, 0.5) is 0 Å². The van der Waals surface area contributed by atoms with E-state index in [0.29, 0.717) is 13.1 Å². The van der Waals surface area contributed by atoms with Crippen LogP contribution in [0.1, 0.15) is 39.0 Å². The number of hydrogen-bond donors (Lipinski definition) is 2. The zero-order valence-corrected chi connectivity index (χ0v) is 15.2. The van der Waals surface area contributed by atoms with E-state index in [9.17, 15) is 8.42 Å². The minimum Gasteiger partial charge on any atom is -0.356 e. The van der Waals surface area contributed by atoms with Crippen LogP contribution in [0.3, 0.4) is 0 Å². The standard InChI is InChI=1S/C15H32N4O2S/c1-13-6-8-14(9-7-13)12-19(3)15(16-2)17-10-5-11-18-22(4,20)21/h13-14,18H,5-12H2,1-4H3,(H,16,17). The predicted molar refractivity (Wildman–Crippen MR) is 92.6 cm³/mol. The van der Waals surface area contributed by atoms with Gasteiger partial charge in [0.2, 0.25) is 10.0 Å². The van der Waals surface area contributed by atoms with E-state index < -0.39 is 10.0 Å². The number of guanidine groups is 1. The lowest BCUT2D eigenvalue weighted by Crippen LogP contribution is -2.42. The molecular formula is C15H32N4O2S. The Bertz CT molecular complexity index is 442. The molecule has 0 saturated heterocycles. The summed E-state index contributed by atoms with van der Waals surface area (Å²) in [6.45, 7) is 4.53. The molecule has 0 radical (unpaired) electrons. The lowest BCUT2D eigenvalue weighted by molar-refractivity contribution is 0.250. The highest BCUT2D eigenvalue weighted by molar-refractivity contribution is 7.88. The molecular weight excluding hydrogens is 300 g/mol. The van der Waals surface area contributed by atoms with E-state index in [4.69, 9.17) is 0 Å². The zero-order chi connectivity index (χ0) is 16.6. The van der Waals surface area contributed by atoms with Gasteiger partial charge in [-0.05, 0) is 31.1 Å². The molecule has 1 saturated carbocycles. The van der Waals surface area contributed by atoms with Crippen molar-refractivity contribution in [2.24, 2.45) is 16.8 Å². The van der Waals surface area contributed by atoms with E-state index in [1.54, 1.807) is 7.05 Å². The maximum absolute atomic E-state index is 11.0. The fourth-order valence-corrected chi connectivity index (χ4v) is 3.43. The quantitative estimate of drug-likeness (QED) is 0.418. The van der Waals surface area contributed by atoms with Crippen molar-refractivity contribution in [2.45, 2.75) is 39.0 Å². The summed E-state index contributed by atoms with van der Waals surface area (Å²) in [5, 5.41) is 3.29. The normalized spacial score (nSPS) is 23.4. The summed E-state index contributed by atoms with van der Waals surface area (Å²) in [7, 11) is 0.771. The maximum Gasteiger partial charge on any atom is 0.208 e. The third kappa shape index (κ3) is 7.98. The summed E-state index contributed by atoms with van der Waals surface area (Å²) in [6.07, 6.45) is 7.20. The van der Waals surface area contributed by atoms with Crippen LogP contribution < -0.4 is 10.0 Å². The van der Waals surface area contributed by atoms with Gasteiger partial charge in [0.25, 0.3) is 0 Å². The number of aliphatic imine (C=N–C) groups is 1. The Hall–Kier alpha value is -0.820. The minimum atomic E-state index is -3.09. The average Bonchev–Trinajstić information content (AvgIpc) is 2.44. The Balaban J connectivity index is 2.25. The lowest BCUT2D eigenvalue weighted by atomic mass is 9.83. The first kappa shape index (κ1) is 19.2. The van der Waals surface area contributed by atoms with Gasteiger partial charge >= 0.3 is 0 Å². The van der Waals surface area contributed by atoms with Gasteiger partial charge in [0.15, 0.2) is 5.96 Å². The van der Waals surface area contributed by atoms with Gasteiger partial charge in [-0.25, -0.2) is 13.1 Å². The van der Waals surface area contributed by atoms with Gasteiger partial charge in [-0.2, -0.15) is 0 Å². The highest BCUT2D eigenvalue weighted by Crippen LogP contribution is 2.28. The molecule has 130 valence electrons. The molecule has 1 aliphatic rings. The molecule has 0 bridgehead atoms. The Morgan fingerprint density at radius 1 is 1.23 bits per heavy atom. The fourth-order valence-electron chi connectivity index (χ4n) is 2.92. The number of nitrogens with one attached hydrogen (secondary N) is 2. The molecule has 1 fully saturated rings. The van der Waals surface area contributed by atoms with E-state index in [-0.39, 0.29) is 0 Å². The van der Waals surface area contributed by atoms with E-state index in [2.05, 4.69) is 33.9 Å². The molecule has 22 heavy (non-hydrogen) atoms. The fraction of sp³-hybridized carbons (Fsp3) is 0.933. The topological polar surface area (TPSA) is 73.8 Å². The van der Waals surface area contributed by atoms with Gasteiger partial charge in [0.05, 0.1) is 6.26 Å². The van der Waals surface area contributed by atoms with Gasteiger partial charge < -0.3 is 10.2 Å². The van der Waals surface area contributed by atoms with E-state index in [1.165, 1.54) is 31.9 Å². The molecule has 7 heteroatoms. The zero-order valence-electron chi connectivity index (χ0n) is 14.4. The molecule has 6 nitrogen and oxygen atoms in total. The Morgan fingerprint density at radius 2 is 1.86 bits per heavy atom. The van der Waals surface area contributed by atoms with E-state index in [0.717, 1.165) is 30.8 Å². The first-order valence-electron chi connectivity index (χ1n) is 8.18. The molecule has 0 aliphatic heterocycles. The number of nitrogens with zero attached hydrogens (tertiary/aromatic N) is 2. The van der Waals surface area contributed by atoms with Crippen LogP contribution in [-0.4, -0.2) is 59.3 Å². The first-order valence-corrected chi connectivity index (χ1v) is 10.1. The Morgan fingerprint density at radius 3 is 2.41 bits per heavy atom. The van der Waals surface area contributed by atoms with Crippen molar-refractivity contribution in [2.75, 3.05) is 40.0 Å². The molecule has 0 aromatic rings. The van der Waals surface area contributed by atoms with E-state index >= 15 is 0 Å². The van der Waals surface area contributed by atoms with Crippen molar-refractivity contribution < 1.29 is 8.42 Å². The van der Waals surface area contributed by atoms with Gasteiger partial charge in [0.1, 0.15) is 0 Å². The Kier molecular flexibility index (Phi) is 8.17. The predicted octanol–water partition coefficient (Wildman–Crippen LogP) is 1.26. The monoisotopic (exact) mass is 332 g/mol. The highest BCUT2D eigenvalue weighted by atomic mass is 32.2. The number of hydrogen-bond acceptors (Lipinski definition) is 3. The largest absolute Gasteiger partial charge is 0.356 e. The molecule has 0 aromatic carbocycles. The van der Waals surface area contributed by atoms with Crippen molar-refractivity contribution in [3.05, 3.63) is 0 Å². The minimum absolute atomic E-state index is 0.451. The van der Waals surface area contributed by atoms with Gasteiger partial charge in [-0.15, -0.1) is 0 Å². The van der Waals surface area contributed by atoms with Crippen LogP contribution in [-0.2, 0) is 10.0 Å². The van der Waals surface area contributed by atoms with Gasteiger partial charge in [-0.1, -0.05) is 19.8 Å². The van der Waals surface area contributed by atoms with Crippen molar-refractivity contribution in [3.63, 3.8) is 0 Å². The Labute approximate surface area is 135 Å². The molecule has 1 rings (SSSR count). The molecule has 0 atom stereocenters. The lowest BCUT2D eigenvalue weighted by Gasteiger charge is -2.31. The summed E-state index contributed by atoms with van der Waals surface area (Å²) in [5.41, 5.74) is 0. The average molecular weight is 333 g/mol. The second-order valence-corrected chi connectivity index (χ2v) is 8.33. The molecule has 2 N–H and O–H groups in total. The molecule has 0 amide bonds. The highest BCUT2D eigenvalue weighted by Gasteiger charge is 2.20. The van der Waals surface area contributed by atoms with Crippen LogP contribution in [0, 0.1) is 11.8 Å². The summed E-state index contributed by atoms with van der Waals surface area (Å²) < 4.78 is 24.4. The van der Waals surface area contributed by atoms with Crippen molar-refractivity contribution >= 4 is 16.0 Å². The maximum atomic E-state index is 11.0. The second kappa shape index (κ2) is 9.35.